The van der Waals surface area contributed by atoms with Crippen LogP contribution in [0.3, 0.4) is 0 Å². The highest BCUT2D eigenvalue weighted by Gasteiger charge is 2.46. The second-order valence-electron chi connectivity index (χ2n) is 28.8. The highest BCUT2D eigenvalue weighted by molar-refractivity contribution is 8.77. The van der Waals surface area contributed by atoms with Gasteiger partial charge >= 0.3 is 88.4 Å². The number of amides is 7. The van der Waals surface area contributed by atoms with Gasteiger partial charge in [-0.15, -0.1) is 0 Å². The van der Waals surface area contributed by atoms with Crippen LogP contribution in [-0.4, -0.2) is 304 Å². The van der Waals surface area contributed by atoms with Gasteiger partial charge in [-0.05, 0) is 25.7 Å². The Hall–Kier alpha value is -9.02. The first-order chi connectivity index (χ1) is 64.2. The summed E-state index contributed by atoms with van der Waals surface area (Å²) in [5.41, 5.74) is 23.5. The maximum absolute atomic E-state index is 12.6. The number of nitrogens with zero attached hydrogens (tertiary/aromatic N) is 5. The minimum atomic E-state index is -5.79. The van der Waals surface area contributed by atoms with Gasteiger partial charge < -0.3 is 154 Å². The van der Waals surface area contributed by atoms with E-state index in [1.807, 2.05) is 10.6 Å². The van der Waals surface area contributed by atoms with E-state index in [9.17, 15) is 129 Å². The van der Waals surface area contributed by atoms with Crippen LogP contribution in [0.15, 0.2) is 23.5 Å². The minimum Gasteiger partial charge on any atom is -0.481 e. The van der Waals surface area contributed by atoms with Crippen molar-refractivity contribution in [3.8, 4) is 23.7 Å². The van der Waals surface area contributed by atoms with E-state index in [-0.39, 0.29) is 130 Å². The summed E-state index contributed by atoms with van der Waals surface area (Å²) in [5, 5.41) is 91.5. The number of hydrogen-bond donors (Lipinski definition) is 27. The molecule has 31 N–H and O–H groups in total. The molecule has 0 spiro atoms. The number of ether oxygens (including phenoxy) is 2. The number of nitrogens with two attached hydrogens (primary N) is 4. The number of phosphoric acid groups is 6. The third-order valence-corrected chi connectivity index (χ3v) is 30.1. The van der Waals surface area contributed by atoms with E-state index in [1.165, 1.54) is 60.3 Å². The number of carboxylic acids is 6. The van der Waals surface area contributed by atoms with E-state index in [1.54, 1.807) is 0 Å². The van der Waals surface area contributed by atoms with Crippen molar-refractivity contribution in [2.75, 3.05) is 67.3 Å². The highest BCUT2D eigenvalue weighted by Crippen LogP contribution is 2.67. The molecule has 2 aliphatic rings. The predicted molar refractivity (Wildman–Crippen MR) is 475 cm³/mol. The third-order valence-electron chi connectivity index (χ3n) is 17.7. The van der Waals surface area contributed by atoms with Gasteiger partial charge in [-0.25, -0.2) is 51.7 Å². The molecule has 138 heavy (non-hydrogen) atoms. The summed E-state index contributed by atoms with van der Waals surface area (Å²) in [7, 11) is -28.7. The second kappa shape index (κ2) is 58.4. The Morgan fingerprint density at radius 2 is 0.899 bits per heavy atom. The number of aliphatic hydroxyl groups excluding tert-OH is 2. The lowest BCUT2D eigenvalue weighted by atomic mass is 10.1. The molecule has 2 saturated heterocycles. The monoisotopic (exact) mass is 2160 g/mol. The molecule has 2 fully saturated rings. The number of aromatic nitrogens is 5. The fourth-order valence-corrected chi connectivity index (χ4v) is 21.7. The van der Waals surface area contributed by atoms with Gasteiger partial charge in [0, 0.05) is 99.9 Å². The van der Waals surface area contributed by atoms with Crippen LogP contribution >= 0.6 is 90.1 Å². The maximum atomic E-state index is 12.6. The lowest BCUT2D eigenvalue weighted by molar-refractivity contribution is -0.148. The van der Waals surface area contributed by atoms with E-state index >= 15 is 0 Å². The van der Waals surface area contributed by atoms with E-state index < -0.39 is 236 Å². The van der Waals surface area contributed by atoms with Crippen molar-refractivity contribution < 1.29 is 210 Å². The van der Waals surface area contributed by atoms with Gasteiger partial charge in [0.1, 0.15) is 78.2 Å². The van der Waals surface area contributed by atoms with Crippen LogP contribution < -0.4 is 65.8 Å². The molecule has 61 nitrogen and oxygen atoms in total. The van der Waals surface area contributed by atoms with E-state index in [4.69, 9.17) is 82.6 Å². The van der Waals surface area contributed by atoms with Crippen LogP contribution in [0.5, 0.6) is 0 Å². The average Bonchev–Trinajstić information content (AvgIpc) is 1.61. The van der Waals surface area contributed by atoms with Gasteiger partial charge in [0.2, 0.25) is 41.4 Å². The van der Waals surface area contributed by atoms with E-state index in [0.29, 0.717) is 48.1 Å². The summed E-state index contributed by atoms with van der Waals surface area (Å²) in [6.45, 7) is -1.59. The first-order valence-corrected chi connectivity index (χ1v) is 53.8. The molecule has 2 aliphatic heterocycles. The molecular weight excluding hydrogens is 2060 g/mol. The zero-order chi connectivity index (χ0) is 104. The number of nitrogen functional groups attached to an aromatic ring is 2. The first kappa shape index (κ1) is 121. The zero-order valence-electron chi connectivity index (χ0n) is 71.6. The quantitative estimate of drug-likeness (QED) is 0.0113. The molecule has 3 aromatic rings. The van der Waals surface area contributed by atoms with Crippen LogP contribution in [0.1, 0.15) is 139 Å². The van der Waals surface area contributed by atoms with Gasteiger partial charge in [-0.1, -0.05) is 79.7 Å². The third kappa shape index (κ3) is 48.0. The molecule has 5 rings (SSSR count). The number of ketones is 1. The molecule has 5 heterocycles. The van der Waals surface area contributed by atoms with Crippen molar-refractivity contribution in [2.45, 2.75) is 189 Å². The lowest BCUT2D eigenvalue weighted by Gasteiger charge is -2.19. The zero-order valence-corrected chi connectivity index (χ0v) is 80.2. The molecule has 0 bridgehead atoms. The fraction of sp³-hybridized carbons (Fsp3) is 0.582. The van der Waals surface area contributed by atoms with Crippen LogP contribution in [0.25, 0.3) is 11.0 Å². The maximum Gasteiger partial charge on any atom is 0.490 e. The number of anilines is 2. The largest absolute Gasteiger partial charge is 0.490 e. The SMILES string of the molecule is Nc1nc(=O)n([C@H]2CC(O)[C@@H](COP(=O)(O)OP(=O)(O)OP(=O)(O)O)O2)cc1C#CCNC(=O)CCSSCC(N)C(=O)NCCCCCC(=O)NC(CC(=O)O)C(=O)NC(CC(=O)O)C(=O)O.Nc1ncnc2c1c(C#CCCC(=O)CCSSCC(N)C(=O)NCCCCCC(=O)NC(CC(=O)O)C(=O)NC(CC(=O)O)C(=O)O)cn2[C@H]1CC(O)[C@@H](COP(=O)(O)OP(=O)(O)OP(=O)(O)O)O1. The Morgan fingerprint density at radius 1 is 0.478 bits per heavy atom. The van der Waals surface area contributed by atoms with Crippen molar-refractivity contribution >= 4 is 196 Å². The molecule has 0 aliphatic carbocycles. The summed E-state index contributed by atoms with van der Waals surface area (Å²) >= 11 is 0. The second-order valence-corrected chi connectivity index (χ2v) is 42.8. The average molecular weight is 2160 g/mol. The molecule has 772 valence electrons. The molecular formula is C67H100N16O45P6S4. The van der Waals surface area contributed by atoms with E-state index in [0.717, 1.165) is 10.8 Å². The number of Topliss-reactive ketones (excluding diaryl/α,β-unsaturated/α-hetero) is 1. The van der Waals surface area contributed by atoms with Crippen molar-refractivity contribution in [3.63, 3.8) is 0 Å². The first-order valence-electron chi connectivity index (χ1n) is 39.8. The van der Waals surface area contributed by atoms with Crippen molar-refractivity contribution in [3.05, 3.63) is 40.3 Å². The number of nitrogens with one attached hydrogen (secondary N) is 7. The number of phosphoric ester groups is 2. The number of rotatable bonds is 61. The Morgan fingerprint density at radius 3 is 1.33 bits per heavy atom. The van der Waals surface area contributed by atoms with Gasteiger partial charge in [0.15, 0.2) is 0 Å². The number of carboxylic acid groups (broad SMARTS) is 6. The molecule has 16 atom stereocenters. The number of fused-ring (bicyclic) bond motifs is 1. The van der Waals surface area contributed by atoms with Crippen LogP contribution in [0, 0.1) is 23.7 Å². The van der Waals surface area contributed by atoms with Gasteiger partial charge in [0.05, 0.1) is 86.2 Å². The van der Waals surface area contributed by atoms with Gasteiger partial charge in [-0.3, -0.25) is 71.1 Å². The topological polar surface area (TPSA) is 993 Å². The van der Waals surface area contributed by atoms with Crippen LogP contribution in [-0.2, 0) is 130 Å². The van der Waals surface area contributed by atoms with Gasteiger partial charge in [0.25, 0.3) is 0 Å². The number of hydrogen-bond acceptors (Lipinski definition) is 42. The van der Waals surface area contributed by atoms with Crippen molar-refractivity contribution in [1.82, 2.24) is 61.3 Å². The minimum absolute atomic E-state index is 0.00811. The Labute approximate surface area is 794 Å². The fourth-order valence-electron chi connectivity index (χ4n) is 11.3. The molecule has 71 heteroatoms. The normalized spacial score (nSPS) is 18.8. The summed E-state index contributed by atoms with van der Waals surface area (Å²) in [4.78, 5) is 263. The van der Waals surface area contributed by atoms with Crippen molar-refractivity contribution in [2.24, 2.45) is 11.5 Å². The summed E-state index contributed by atoms with van der Waals surface area (Å²) in [6, 6.07) is -8.75. The smallest absolute Gasteiger partial charge is 0.481 e. The summed E-state index contributed by atoms with van der Waals surface area (Å²) in [5.74, 6) is -2.40. The Bertz CT molecular complexity index is 5330. The molecule has 3 aromatic heterocycles. The van der Waals surface area contributed by atoms with Crippen LogP contribution in [0.4, 0.5) is 11.6 Å². The lowest BCUT2D eigenvalue weighted by Crippen LogP contribution is -2.52. The van der Waals surface area contributed by atoms with Gasteiger partial charge in [-0.2, -0.15) is 22.2 Å². The molecule has 0 saturated carbocycles. The van der Waals surface area contributed by atoms with Crippen LogP contribution in [0.2, 0.25) is 0 Å². The van der Waals surface area contributed by atoms with E-state index in [2.05, 4.69) is 91.5 Å². The summed E-state index contributed by atoms with van der Waals surface area (Å²) < 4.78 is 106. The molecule has 12 unspecified atom stereocenters. The number of unbranched alkanes of at least 4 members (excludes halogenated alkanes) is 4. The molecule has 0 aromatic carbocycles. The highest BCUT2D eigenvalue weighted by atomic mass is 33.1. The van der Waals surface area contributed by atoms with Crippen molar-refractivity contribution in [1.29, 1.82) is 0 Å². The molecule has 7 amide bonds. The standard InChI is InChI=1S/C35H51N8O22P3S2.C32H49N8O23P3S2/c36-21(33(51)38-10-5-1-2-8-26(46)41-22(12-28(47)48)34(52)42-23(35(53)54)13-29(49)50)17-70-69-11-9-20(44)7-4-3-6-19-15-43(32-30(19)31(37)39-18-40-32)27-14-24(45)25(63-27)16-62-67(58,59)65-68(60,61)64-66(55,56)57;33-18(29(48)36-8-3-1-2-6-24(43)37-19(11-26(44)45)30(49)38-20(31(50)51)12-27(46)47)16-68-67-10-7-23(42)35-9-4-5-17-14-40(32(52)39-28(17)34)25-13-21(41)22(61-25)15-60-65(56,57)63-66(58,59)62-64(53,54)55/h15,18,21-25,27,45H,1-2,4-5,7-14,16-17,36H2,(H,38,51)(H,41,46)(H,42,52)(H,47,48)(H,49,50)(H,53,54)(H,58,59)(H,60,61)(H2,37,39,40)(H2,55,56,57);14,18-22,25,41H,1-3,6-13,15-16,33H2,(H,35,42)(H,36,48)(H,37,43)(H,38,49)(H,44,45)(H,46,47)(H,50,51)(H,56,57)(H,58,59)(H2,34,39,52)(H2,53,54,55)/t21?,22?,23?,24?,25-,27-;18?,19?,20?,21?,22-,25-/m11/s1. The number of aliphatic carboxylic acids is 6. The summed E-state index contributed by atoms with van der Waals surface area (Å²) in [6.07, 6.45) is -5.52. The Balaban J connectivity index is 0.000000577. The Kier molecular flexibility index (Phi) is 51.3. The number of aliphatic hydroxyl groups is 2. The number of carbonyl (C=O) groups excluding carboxylic acids is 8. The number of carbonyl (C=O) groups is 14. The predicted octanol–water partition coefficient (Wildman–Crippen LogP) is -3.45. The molecule has 0 radical (unpaired) electrons.